The predicted molar refractivity (Wildman–Crippen MR) is 79.9 cm³/mol. The van der Waals surface area contributed by atoms with Gasteiger partial charge in [0.2, 0.25) is 0 Å². The van der Waals surface area contributed by atoms with Gasteiger partial charge in [-0.1, -0.05) is 6.07 Å². The minimum absolute atomic E-state index is 0.150. The molecule has 7 heteroatoms. The van der Waals surface area contributed by atoms with Crippen molar-refractivity contribution in [3.63, 3.8) is 0 Å². The SMILES string of the molecule is CN(C(=O)c1ccc(Br)c([N+](=O)[O-])c1)c1cccc(F)c1. The number of nitro benzene ring substituents is 1. The topological polar surface area (TPSA) is 63.5 Å². The number of halogens is 2. The molecule has 0 aliphatic carbocycles. The van der Waals surface area contributed by atoms with Gasteiger partial charge in [-0.3, -0.25) is 14.9 Å². The van der Waals surface area contributed by atoms with E-state index >= 15 is 0 Å². The second kappa shape index (κ2) is 6.01. The van der Waals surface area contributed by atoms with E-state index in [1.54, 1.807) is 6.07 Å². The van der Waals surface area contributed by atoms with E-state index in [1.807, 2.05) is 0 Å². The third-order valence-electron chi connectivity index (χ3n) is 2.89. The van der Waals surface area contributed by atoms with Gasteiger partial charge in [0, 0.05) is 24.4 Å². The van der Waals surface area contributed by atoms with Crippen LogP contribution in [-0.4, -0.2) is 17.9 Å². The summed E-state index contributed by atoms with van der Waals surface area (Å²) in [7, 11) is 1.48. The van der Waals surface area contributed by atoms with Crippen LogP contribution < -0.4 is 4.90 Å². The Morgan fingerprint density at radius 2 is 2.00 bits per heavy atom. The van der Waals surface area contributed by atoms with E-state index in [4.69, 9.17) is 0 Å². The average molecular weight is 353 g/mol. The van der Waals surface area contributed by atoms with E-state index in [0.717, 1.165) is 0 Å². The fraction of sp³-hybridized carbons (Fsp3) is 0.0714. The van der Waals surface area contributed by atoms with Crippen LogP contribution in [0.3, 0.4) is 0 Å². The lowest BCUT2D eigenvalue weighted by Gasteiger charge is -2.17. The summed E-state index contributed by atoms with van der Waals surface area (Å²) in [5.41, 5.74) is 0.315. The molecule has 0 aromatic heterocycles. The number of anilines is 1. The van der Waals surface area contributed by atoms with Crippen molar-refractivity contribution in [2.24, 2.45) is 0 Å². The van der Waals surface area contributed by atoms with E-state index < -0.39 is 16.6 Å². The molecular weight excluding hydrogens is 343 g/mol. The molecule has 0 saturated heterocycles. The van der Waals surface area contributed by atoms with Gasteiger partial charge in [-0.25, -0.2) is 4.39 Å². The number of hydrogen-bond acceptors (Lipinski definition) is 3. The van der Waals surface area contributed by atoms with Crippen molar-refractivity contribution >= 4 is 33.2 Å². The van der Waals surface area contributed by atoms with Crippen LogP contribution in [0.15, 0.2) is 46.9 Å². The van der Waals surface area contributed by atoms with Crippen molar-refractivity contribution < 1.29 is 14.1 Å². The number of nitrogens with zero attached hydrogens (tertiary/aromatic N) is 2. The molecule has 0 N–H and O–H groups in total. The molecular formula is C14H10BrFN2O3. The standard InChI is InChI=1S/C14H10BrFN2O3/c1-17(11-4-2-3-10(16)8-11)14(19)9-5-6-12(15)13(7-9)18(20)21/h2-8H,1H3. The highest BCUT2D eigenvalue weighted by molar-refractivity contribution is 9.10. The minimum Gasteiger partial charge on any atom is -0.311 e. The Hall–Kier alpha value is -2.28. The summed E-state index contributed by atoms with van der Waals surface area (Å²) in [5, 5.41) is 10.9. The summed E-state index contributed by atoms with van der Waals surface area (Å²) in [6, 6.07) is 9.63. The van der Waals surface area contributed by atoms with Gasteiger partial charge in [0.25, 0.3) is 11.6 Å². The van der Waals surface area contributed by atoms with Crippen LogP contribution in [0.2, 0.25) is 0 Å². The number of amides is 1. The number of nitro groups is 1. The van der Waals surface area contributed by atoms with Crippen molar-refractivity contribution in [2.45, 2.75) is 0 Å². The smallest absolute Gasteiger partial charge is 0.284 e. The fourth-order valence-electron chi connectivity index (χ4n) is 1.78. The monoisotopic (exact) mass is 352 g/mol. The highest BCUT2D eigenvalue weighted by Gasteiger charge is 2.19. The molecule has 0 aliphatic rings. The van der Waals surface area contributed by atoms with E-state index in [9.17, 15) is 19.3 Å². The quantitative estimate of drug-likeness (QED) is 0.623. The lowest BCUT2D eigenvalue weighted by molar-refractivity contribution is -0.385. The zero-order valence-corrected chi connectivity index (χ0v) is 12.5. The molecule has 5 nitrogen and oxygen atoms in total. The molecule has 0 fully saturated rings. The van der Waals surface area contributed by atoms with E-state index in [1.165, 1.54) is 48.3 Å². The van der Waals surface area contributed by atoms with Crippen LogP contribution >= 0.6 is 15.9 Å². The van der Waals surface area contributed by atoms with Crippen LogP contribution in [0.1, 0.15) is 10.4 Å². The van der Waals surface area contributed by atoms with Crippen molar-refractivity contribution in [3.8, 4) is 0 Å². The number of hydrogen-bond donors (Lipinski definition) is 0. The Kier molecular flexibility index (Phi) is 4.32. The van der Waals surface area contributed by atoms with Gasteiger partial charge in [0.15, 0.2) is 0 Å². The third-order valence-corrected chi connectivity index (χ3v) is 3.56. The zero-order valence-electron chi connectivity index (χ0n) is 10.9. The summed E-state index contributed by atoms with van der Waals surface area (Å²) in [6.45, 7) is 0. The second-order valence-electron chi connectivity index (χ2n) is 4.27. The van der Waals surface area contributed by atoms with Crippen LogP contribution in [0, 0.1) is 15.9 Å². The lowest BCUT2D eigenvalue weighted by Crippen LogP contribution is -2.26. The summed E-state index contributed by atoms with van der Waals surface area (Å²) in [6.07, 6.45) is 0. The predicted octanol–water partition coefficient (Wildman–Crippen LogP) is 3.77. The molecule has 0 heterocycles. The van der Waals surface area contributed by atoms with Crippen molar-refractivity contribution in [1.29, 1.82) is 0 Å². The molecule has 0 radical (unpaired) electrons. The van der Waals surface area contributed by atoms with Crippen LogP contribution in [0.5, 0.6) is 0 Å². The van der Waals surface area contributed by atoms with Crippen molar-refractivity contribution in [2.75, 3.05) is 11.9 Å². The molecule has 0 bridgehead atoms. The highest BCUT2D eigenvalue weighted by atomic mass is 79.9. The number of carbonyl (C=O) groups excluding carboxylic acids is 1. The fourth-order valence-corrected chi connectivity index (χ4v) is 2.17. The largest absolute Gasteiger partial charge is 0.311 e. The maximum absolute atomic E-state index is 13.2. The van der Waals surface area contributed by atoms with Gasteiger partial charge < -0.3 is 4.90 Å². The van der Waals surface area contributed by atoms with E-state index in [2.05, 4.69) is 15.9 Å². The molecule has 2 aromatic rings. The van der Waals surface area contributed by atoms with Gasteiger partial charge in [-0.15, -0.1) is 0 Å². The van der Waals surface area contributed by atoms with Gasteiger partial charge in [-0.05, 0) is 46.3 Å². The first-order valence-electron chi connectivity index (χ1n) is 5.87. The van der Waals surface area contributed by atoms with Gasteiger partial charge >= 0.3 is 0 Å². The first-order chi connectivity index (χ1) is 9.90. The Bertz CT molecular complexity index is 721. The molecule has 0 spiro atoms. The van der Waals surface area contributed by atoms with Gasteiger partial charge in [0.05, 0.1) is 9.40 Å². The van der Waals surface area contributed by atoms with Crippen LogP contribution in [0.4, 0.5) is 15.8 Å². The Labute approximate surface area is 128 Å². The van der Waals surface area contributed by atoms with Gasteiger partial charge in [-0.2, -0.15) is 0 Å². The Morgan fingerprint density at radius 1 is 1.29 bits per heavy atom. The van der Waals surface area contributed by atoms with Crippen molar-refractivity contribution in [1.82, 2.24) is 0 Å². The molecule has 21 heavy (non-hydrogen) atoms. The number of rotatable bonds is 3. The molecule has 0 saturated carbocycles. The summed E-state index contributed by atoms with van der Waals surface area (Å²) < 4.78 is 13.5. The third kappa shape index (κ3) is 3.25. The molecule has 0 atom stereocenters. The molecule has 0 unspecified atom stereocenters. The summed E-state index contributed by atoms with van der Waals surface area (Å²) in [5.74, 6) is -0.926. The number of carbonyl (C=O) groups is 1. The molecule has 108 valence electrons. The Balaban J connectivity index is 2.36. The normalized spacial score (nSPS) is 10.2. The van der Waals surface area contributed by atoms with Crippen LogP contribution in [-0.2, 0) is 0 Å². The lowest BCUT2D eigenvalue weighted by atomic mass is 10.1. The summed E-state index contributed by atoms with van der Waals surface area (Å²) >= 11 is 3.06. The maximum atomic E-state index is 13.2. The van der Waals surface area contributed by atoms with Crippen molar-refractivity contribution in [3.05, 3.63) is 68.4 Å². The molecule has 2 aromatic carbocycles. The first-order valence-corrected chi connectivity index (χ1v) is 6.67. The Morgan fingerprint density at radius 3 is 2.62 bits per heavy atom. The zero-order chi connectivity index (χ0) is 15.6. The minimum atomic E-state index is -0.580. The van der Waals surface area contributed by atoms with Gasteiger partial charge in [0.1, 0.15) is 5.82 Å². The highest BCUT2D eigenvalue weighted by Crippen LogP contribution is 2.27. The van der Waals surface area contributed by atoms with E-state index in [-0.39, 0.29) is 15.7 Å². The molecule has 2 rings (SSSR count). The van der Waals surface area contributed by atoms with Crippen LogP contribution in [0.25, 0.3) is 0 Å². The molecule has 0 aliphatic heterocycles. The van der Waals surface area contributed by atoms with E-state index in [0.29, 0.717) is 5.69 Å². The first kappa shape index (κ1) is 15.1. The average Bonchev–Trinajstić information content (AvgIpc) is 2.46. The second-order valence-corrected chi connectivity index (χ2v) is 5.12. The summed E-state index contributed by atoms with van der Waals surface area (Å²) in [4.78, 5) is 23.8. The number of benzene rings is 2. The molecule has 1 amide bonds. The maximum Gasteiger partial charge on any atom is 0.284 e.